The first-order chi connectivity index (χ1) is 9.86. The van der Waals surface area contributed by atoms with Crippen molar-refractivity contribution in [3.63, 3.8) is 0 Å². The molecule has 6 heteroatoms. The van der Waals surface area contributed by atoms with Gasteiger partial charge in [-0.05, 0) is 43.9 Å². The molecule has 0 aromatic carbocycles. The molecule has 0 aliphatic carbocycles. The number of sulfonamides is 1. The van der Waals surface area contributed by atoms with Crippen molar-refractivity contribution in [3.05, 3.63) is 17.0 Å². The van der Waals surface area contributed by atoms with Gasteiger partial charge in [-0.1, -0.05) is 20.8 Å². The molecule has 0 amide bonds. The molecule has 1 aliphatic rings. The van der Waals surface area contributed by atoms with Crippen LogP contribution in [0.4, 0.5) is 0 Å². The third kappa shape index (κ3) is 3.67. The van der Waals surface area contributed by atoms with Crippen LogP contribution in [0.15, 0.2) is 16.3 Å². The zero-order chi connectivity index (χ0) is 15.6. The van der Waals surface area contributed by atoms with Crippen LogP contribution in [0.25, 0.3) is 0 Å². The Balaban J connectivity index is 2.22. The number of hydrogen-bond acceptors (Lipinski definition) is 4. The second kappa shape index (κ2) is 6.77. The molecule has 1 fully saturated rings. The van der Waals surface area contributed by atoms with Crippen LogP contribution in [0.1, 0.15) is 39.0 Å². The highest BCUT2D eigenvalue weighted by Crippen LogP contribution is 2.33. The molecule has 2 heterocycles. The van der Waals surface area contributed by atoms with E-state index in [-0.39, 0.29) is 6.04 Å². The minimum Gasteiger partial charge on any atom is -0.312 e. The van der Waals surface area contributed by atoms with Gasteiger partial charge in [0.05, 0.1) is 0 Å². The monoisotopic (exact) mass is 330 g/mol. The van der Waals surface area contributed by atoms with Crippen LogP contribution >= 0.6 is 11.3 Å². The molecule has 4 nitrogen and oxygen atoms in total. The Morgan fingerprint density at radius 3 is 2.71 bits per heavy atom. The molecule has 1 aromatic heterocycles. The van der Waals surface area contributed by atoms with Crippen molar-refractivity contribution in [1.82, 2.24) is 9.62 Å². The first-order valence-corrected chi connectivity index (χ1v) is 9.93. The standard InChI is InChI=1S/C15H26N2O2S2/c1-5-16-9-14-6-7-15(20-14)21(18,19)17-10-11(2)8-12(3)13(17)4/h6-7,11-13,16H,5,8-10H2,1-4H3. The highest BCUT2D eigenvalue weighted by molar-refractivity contribution is 7.91. The summed E-state index contributed by atoms with van der Waals surface area (Å²) in [5.74, 6) is 0.830. The summed E-state index contributed by atoms with van der Waals surface area (Å²) >= 11 is 1.39. The van der Waals surface area contributed by atoms with Crippen LogP contribution in [-0.4, -0.2) is 31.9 Å². The summed E-state index contributed by atoms with van der Waals surface area (Å²) in [6.07, 6.45) is 1.10. The van der Waals surface area contributed by atoms with E-state index in [1.54, 1.807) is 10.4 Å². The SMILES string of the molecule is CCNCc1ccc(S(=O)(=O)N2CC(C)CC(C)C2C)s1. The average molecular weight is 331 g/mol. The molecule has 1 aliphatic heterocycles. The van der Waals surface area contributed by atoms with Crippen LogP contribution < -0.4 is 5.32 Å². The molecule has 3 unspecified atom stereocenters. The maximum Gasteiger partial charge on any atom is 0.252 e. The lowest BCUT2D eigenvalue weighted by atomic mass is 9.88. The number of nitrogens with one attached hydrogen (secondary N) is 1. The third-order valence-corrected chi connectivity index (χ3v) is 7.80. The van der Waals surface area contributed by atoms with Crippen LogP contribution in [0.2, 0.25) is 0 Å². The molecule has 1 saturated heterocycles. The van der Waals surface area contributed by atoms with Crippen LogP contribution in [0.3, 0.4) is 0 Å². The van der Waals surface area contributed by atoms with E-state index < -0.39 is 10.0 Å². The van der Waals surface area contributed by atoms with Gasteiger partial charge in [0.1, 0.15) is 4.21 Å². The fourth-order valence-corrected chi connectivity index (χ4v) is 6.24. The van der Waals surface area contributed by atoms with E-state index in [0.29, 0.717) is 22.6 Å². The molecule has 3 atom stereocenters. The highest BCUT2D eigenvalue weighted by Gasteiger charge is 2.37. The van der Waals surface area contributed by atoms with Gasteiger partial charge in [-0.3, -0.25) is 0 Å². The third-order valence-electron chi connectivity index (χ3n) is 4.29. The number of nitrogens with zero attached hydrogens (tertiary/aromatic N) is 1. The van der Waals surface area contributed by atoms with Crippen molar-refractivity contribution in [2.45, 2.75) is 50.9 Å². The molecule has 1 N–H and O–H groups in total. The largest absolute Gasteiger partial charge is 0.312 e. The smallest absolute Gasteiger partial charge is 0.252 e. The lowest BCUT2D eigenvalue weighted by Gasteiger charge is -2.39. The zero-order valence-corrected chi connectivity index (χ0v) is 14.9. The Kier molecular flexibility index (Phi) is 5.46. The van der Waals surface area contributed by atoms with Gasteiger partial charge in [0.15, 0.2) is 0 Å². The summed E-state index contributed by atoms with van der Waals surface area (Å²) in [5.41, 5.74) is 0. The predicted molar refractivity (Wildman–Crippen MR) is 88.0 cm³/mol. The highest BCUT2D eigenvalue weighted by atomic mass is 32.2. The Bertz CT molecular complexity index is 568. The van der Waals surface area contributed by atoms with Gasteiger partial charge in [0.25, 0.3) is 10.0 Å². The first-order valence-electron chi connectivity index (χ1n) is 7.67. The summed E-state index contributed by atoms with van der Waals surface area (Å²) in [7, 11) is -3.36. The molecule has 0 spiro atoms. The van der Waals surface area contributed by atoms with E-state index in [1.165, 1.54) is 11.3 Å². The van der Waals surface area contributed by atoms with E-state index in [4.69, 9.17) is 0 Å². The van der Waals surface area contributed by atoms with Crippen molar-refractivity contribution < 1.29 is 8.42 Å². The molecule has 120 valence electrons. The lowest BCUT2D eigenvalue weighted by molar-refractivity contribution is 0.157. The predicted octanol–water partition coefficient (Wildman–Crippen LogP) is 2.91. The summed E-state index contributed by atoms with van der Waals surface area (Å²) < 4.78 is 28.0. The Morgan fingerprint density at radius 1 is 1.33 bits per heavy atom. The summed E-state index contributed by atoms with van der Waals surface area (Å²) in [6, 6.07) is 3.75. The Morgan fingerprint density at radius 2 is 2.05 bits per heavy atom. The van der Waals surface area contributed by atoms with Crippen LogP contribution in [0.5, 0.6) is 0 Å². The quantitative estimate of drug-likeness (QED) is 0.903. The lowest BCUT2D eigenvalue weighted by Crippen LogP contribution is -2.48. The maximum atomic E-state index is 12.9. The van der Waals surface area contributed by atoms with Crippen molar-refractivity contribution in [2.75, 3.05) is 13.1 Å². The molecule has 0 radical (unpaired) electrons. The first kappa shape index (κ1) is 16.9. The summed E-state index contributed by atoms with van der Waals surface area (Å²) in [6.45, 7) is 10.6. The number of rotatable bonds is 5. The van der Waals surface area contributed by atoms with Gasteiger partial charge in [0.2, 0.25) is 0 Å². The second-order valence-electron chi connectivity index (χ2n) is 6.13. The number of hydrogen-bond donors (Lipinski definition) is 1. The number of thiophene rings is 1. The van der Waals surface area contributed by atoms with Crippen LogP contribution in [0, 0.1) is 11.8 Å². The van der Waals surface area contributed by atoms with E-state index >= 15 is 0 Å². The topological polar surface area (TPSA) is 49.4 Å². The van der Waals surface area contributed by atoms with Gasteiger partial charge in [-0.15, -0.1) is 11.3 Å². The van der Waals surface area contributed by atoms with E-state index in [0.717, 1.165) is 24.4 Å². The fraction of sp³-hybridized carbons (Fsp3) is 0.733. The van der Waals surface area contributed by atoms with Crippen molar-refractivity contribution in [1.29, 1.82) is 0 Å². The van der Waals surface area contributed by atoms with Gasteiger partial charge < -0.3 is 5.32 Å². The molecule has 0 saturated carbocycles. The molecule has 0 bridgehead atoms. The van der Waals surface area contributed by atoms with Crippen molar-refractivity contribution in [3.8, 4) is 0 Å². The van der Waals surface area contributed by atoms with Gasteiger partial charge in [-0.25, -0.2) is 8.42 Å². The van der Waals surface area contributed by atoms with Gasteiger partial charge in [-0.2, -0.15) is 4.31 Å². The van der Waals surface area contributed by atoms with E-state index in [1.807, 2.05) is 19.9 Å². The minimum absolute atomic E-state index is 0.0746. The average Bonchev–Trinajstić information content (AvgIpc) is 2.90. The van der Waals surface area contributed by atoms with Crippen LogP contribution in [-0.2, 0) is 16.6 Å². The van der Waals surface area contributed by atoms with Gasteiger partial charge in [0, 0.05) is 24.0 Å². The number of piperidine rings is 1. The second-order valence-corrected chi connectivity index (χ2v) is 9.42. The van der Waals surface area contributed by atoms with E-state index in [2.05, 4.69) is 19.2 Å². The van der Waals surface area contributed by atoms with Crippen molar-refractivity contribution in [2.24, 2.45) is 11.8 Å². The van der Waals surface area contributed by atoms with E-state index in [9.17, 15) is 8.42 Å². The normalized spacial score (nSPS) is 27.9. The Labute approximate surface area is 132 Å². The van der Waals surface area contributed by atoms with Crippen molar-refractivity contribution >= 4 is 21.4 Å². The summed E-state index contributed by atoms with van der Waals surface area (Å²) in [5, 5.41) is 3.23. The zero-order valence-electron chi connectivity index (χ0n) is 13.3. The molecule has 21 heavy (non-hydrogen) atoms. The summed E-state index contributed by atoms with van der Waals surface area (Å²) in [4.78, 5) is 1.07. The molecular formula is C15H26N2O2S2. The molecular weight excluding hydrogens is 304 g/mol. The minimum atomic E-state index is -3.36. The Hall–Kier alpha value is -0.430. The molecule has 1 aromatic rings. The fourth-order valence-electron chi connectivity index (χ4n) is 2.94. The van der Waals surface area contributed by atoms with Gasteiger partial charge >= 0.3 is 0 Å². The molecule has 2 rings (SSSR count). The maximum absolute atomic E-state index is 12.9.